The number of carbonyl (C=O) groups excluding carboxylic acids is 1. The molecule has 1 aromatic rings. The van der Waals surface area contributed by atoms with Crippen LogP contribution in [0.15, 0.2) is 4.52 Å². The fraction of sp³-hybridized carbons (Fsp3) is 0.667. The van der Waals surface area contributed by atoms with Gasteiger partial charge in [0.05, 0.1) is 5.54 Å². The summed E-state index contributed by atoms with van der Waals surface area (Å²) in [7, 11) is 0. The van der Waals surface area contributed by atoms with Crippen molar-refractivity contribution in [1.29, 1.82) is 0 Å². The second-order valence-corrected chi connectivity index (χ2v) is 3.90. The van der Waals surface area contributed by atoms with Gasteiger partial charge in [-0.3, -0.25) is 4.79 Å². The molecular weight excluding hydrogens is 196 g/mol. The maximum atomic E-state index is 11.4. The number of carbonyl (C=O) groups is 1. The summed E-state index contributed by atoms with van der Waals surface area (Å²) in [6.45, 7) is 2.24. The number of hydrogen-bond acceptors (Lipinski definition) is 5. The molecule has 0 unspecified atom stereocenters. The largest absolute Gasteiger partial charge is 0.354 e. The molecule has 0 spiro atoms. The standard InChI is InChI=1S/C9H14N4O2/c1-6-12-7(15-13-6)2-5-11-8(14)9(10)3-4-9/h2-5,10H2,1H3,(H,11,14). The van der Waals surface area contributed by atoms with Gasteiger partial charge in [0.2, 0.25) is 11.8 Å². The highest BCUT2D eigenvalue weighted by Crippen LogP contribution is 2.31. The zero-order valence-electron chi connectivity index (χ0n) is 8.62. The molecule has 0 atom stereocenters. The number of nitrogens with two attached hydrogens (primary N) is 1. The first-order valence-electron chi connectivity index (χ1n) is 4.96. The van der Waals surface area contributed by atoms with Crippen LogP contribution in [0, 0.1) is 6.92 Å². The molecule has 1 heterocycles. The predicted octanol–water partition coefficient (Wildman–Crippen LogP) is -0.472. The lowest BCUT2D eigenvalue weighted by Crippen LogP contribution is -2.43. The molecule has 2 rings (SSSR count). The van der Waals surface area contributed by atoms with Crippen molar-refractivity contribution < 1.29 is 9.32 Å². The van der Waals surface area contributed by atoms with Crippen molar-refractivity contribution in [3.05, 3.63) is 11.7 Å². The Bertz CT molecular complexity index is 370. The highest BCUT2D eigenvalue weighted by atomic mass is 16.5. The molecule has 1 aromatic heterocycles. The van der Waals surface area contributed by atoms with E-state index in [-0.39, 0.29) is 5.91 Å². The Labute approximate surface area is 87.2 Å². The van der Waals surface area contributed by atoms with E-state index < -0.39 is 5.54 Å². The molecule has 1 fully saturated rings. The Morgan fingerprint density at radius 1 is 1.67 bits per heavy atom. The van der Waals surface area contributed by atoms with E-state index in [2.05, 4.69) is 15.5 Å². The molecule has 6 nitrogen and oxygen atoms in total. The van der Waals surface area contributed by atoms with Gasteiger partial charge in [-0.2, -0.15) is 4.98 Å². The Hall–Kier alpha value is -1.43. The number of hydrogen-bond donors (Lipinski definition) is 2. The number of aryl methyl sites for hydroxylation is 1. The first-order chi connectivity index (χ1) is 7.10. The second kappa shape index (κ2) is 3.62. The van der Waals surface area contributed by atoms with E-state index in [4.69, 9.17) is 10.3 Å². The summed E-state index contributed by atoms with van der Waals surface area (Å²) in [6, 6.07) is 0. The van der Waals surface area contributed by atoms with Crippen LogP contribution in [0.2, 0.25) is 0 Å². The summed E-state index contributed by atoms with van der Waals surface area (Å²) in [4.78, 5) is 15.4. The Morgan fingerprint density at radius 3 is 2.93 bits per heavy atom. The number of rotatable bonds is 4. The van der Waals surface area contributed by atoms with Crippen LogP contribution in [0.4, 0.5) is 0 Å². The van der Waals surface area contributed by atoms with Gasteiger partial charge in [-0.15, -0.1) is 0 Å². The van der Waals surface area contributed by atoms with E-state index in [1.807, 2.05) is 0 Å². The van der Waals surface area contributed by atoms with E-state index in [1.54, 1.807) is 6.92 Å². The van der Waals surface area contributed by atoms with Crippen LogP contribution in [-0.2, 0) is 11.2 Å². The fourth-order valence-corrected chi connectivity index (χ4v) is 1.26. The topological polar surface area (TPSA) is 94.0 Å². The summed E-state index contributed by atoms with van der Waals surface area (Å²) >= 11 is 0. The SMILES string of the molecule is Cc1noc(CCNC(=O)C2(N)CC2)n1. The van der Waals surface area contributed by atoms with Gasteiger partial charge in [-0.05, 0) is 19.8 Å². The minimum atomic E-state index is -0.606. The first-order valence-corrected chi connectivity index (χ1v) is 4.96. The average molecular weight is 210 g/mol. The summed E-state index contributed by atoms with van der Waals surface area (Å²) in [6.07, 6.45) is 2.10. The number of amides is 1. The van der Waals surface area contributed by atoms with Crippen LogP contribution in [0.1, 0.15) is 24.6 Å². The van der Waals surface area contributed by atoms with E-state index in [0.29, 0.717) is 24.7 Å². The summed E-state index contributed by atoms with van der Waals surface area (Å²) in [5, 5.41) is 6.40. The Balaban J connectivity index is 1.73. The van der Waals surface area contributed by atoms with Gasteiger partial charge in [0.1, 0.15) is 0 Å². The third kappa shape index (κ3) is 2.33. The monoisotopic (exact) mass is 210 g/mol. The van der Waals surface area contributed by atoms with Gasteiger partial charge in [0.15, 0.2) is 5.82 Å². The maximum Gasteiger partial charge on any atom is 0.240 e. The van der Waals surface area contributed by atoms with Crippen molar-refractivity contribution >= 4 is 5.91 Å². The first kappa shape index (κ1) is 10.1. The van der Waals surface area contributed by atoms with Gasteiger partial charge in [-0.1, -0.05) is 5.16 Å². The Kier molecular flexibility index (Phi) is 2.44. The summed E-state index contributed by atoms with van der Waals surface area (Å²) < 4.78 is 4.90. The van der Waals surface area contributed by atoms with Gasteiger partial charge in [-0.25, -0.2) is 0 Å². The van der Waals surface area contributed by atoms with Crippen molar-refractivity contribution in [2.24, 2.45) is 5.73 Å². The number of aromatic nitrogens is 2. The summed E-state index contributed by atoms with van der Waals surface area (Å²) in [5.41, 5.74) is 5.10. The molecule has 0 radical (unpaired) electrons. The zero-order valence-corrected chi connectivity index (χ0v) is 8.62. The molecule has 0 bridgehead atoms. The molecule has 15 heavy (non-hydrogen) atoms. The molecule has 82 valence electrons. The molecule has 1 aliphatic rings. The molecule has 0 saturated heterocycles. The molecule has 0 aliphatic heterocycles. The lowest BCUT2D eigenvalue weighted by Gasteiger charge is -2.08. The third-order valence-electron chi connectivity index (χ3n) is 2.43. The van der Waals surface area contributed by atoms with Crippen molar-refractivity contribution in [3.8, 4) is 0 Å². The van der Waals surface area contributed by atoms with Crippen molar-refractivity contribution in [3.63, 3.8) is 0 Å². The van der Waals surface area contributed by atoms with Crippen molar-refractivity contribution in [2.75, 3.05) is 6.54 Å². The lowest BCUT2D eigenvalue weighted by atomic mass is 10.2. The molecule has 1 amide bonds. The van der Waals surface area contributed by atoms with Gasteiger partial charge in [0, 0.05) is 13.0 Å². The normalized spacial score (nSPS) is 17.5. The van der Waals surface area contributed by atoms with E-state index in [9.17, 15) is 4.79 Å². The molecule has 6 heteroatoms. The zero-order chi connectivity index (χ0) is 10.9. The minimum Gasteiger partial charge on any atom is -0.354 e. The van der Waals surface area contributed by atoms with Crippen LogP contribution < -0.4 is 11.1 Å². The van der Waals surface area contributed by atoms with Gasteiger partial charge in [0.25, 0.3) is 0 Å². The van der Waals surface area contributed by atoms with Crippen molar-refractivity contribution in [1.82, 2.24) is 15.5 Å². The van der Waals surface area contributed by atoms with Crippen LogP contribution in [-0.4, -0.2) is 28.1 Å². The van der Waals surface area contributed by atoms with Crippen LogP contribution in [0.25, 0.3) is 0 Å². The summed E-state index contributed by atoms with van der Waals surface area (Å²) in [5.74, 6) is 1.06. The van der Waals surface area contributed by atoms with Gasteiger partial charge < -0.3 is 15.6 Å². The van der Waals surface area contributed by atoms with Crippen LogP contribution >= 0.6 is 0 Å². The molecule has 1 aliphatic carbocycles. The minimum absolute atomic E-state index is 0.0845. The number of nitrogens with zero attached hydrogens (tertiary/aromatic N) is 2. The maximum absolute atomic E-state index is 11.4. The highest BCUT2D eigenvalue weighted by molar-refractivity contribution is 5.88. The molecular formula is C9H14N4O2. The number of nitrogens with one attached hydrogen (secondary N) is 1. The van der Waals surface area contributed by atoms with Gasteiger partial charge >= 0.3 is 0 Å². The second-order valence-electron chi connectivity index (χ2n) is 3.90. The van der Waals surface area contributed by atoms with Crippen LogP contribution in [0.5, 0.6) is 0 Å². The quantitative estimate of drug-likeness (QED) is 0.700. The van der Waals surface area contributed by atoms with E-state index in [0.717, 1.165) is 12.8 Å². The third-order valence-corrected chi connectivity index (χ3v) is 2.43. The van der Waals surface area contributed by atoms with E-state index >= 15 is 0 Å². The molecule has 1 saturated carbocycles. The molecule has 0 aromatic carbocycles. The van der Waals surface area contributed by atoms with E-state index in [1.165, 1.54) is 0 Å². The smallest absolute Gasteiger partial charge is 0.240 e. The average Bonchev–Trinajstić information content (AvgIpc) is 2.81. The predicted molar refractivity (Wildman–Crippen MR) is 51.9 cm³/mol. The van der Waals surface area contributed by atoms with Crippen LogP contribution in [0.3, 0.4) is 0 Å². The fourth-order valence-electron chi connectivity index (χ4n) is 1.26. The lowest BCUT2D eigenvalue weighted by molar-refractivity contribution is -0.123. The molecule has 3 N–H and O–H groups in total. The Morgan fingerprint density at radius 2 is 2.40 bits per heavy atom. The highest BCUT2D eigenvalue weighted by Gasteiger charge is 2.45. The van der Waals surface area contributed by atoms with Crippen molar-refractivity contribution in [2.45, 2.75) is 31.7 Å².